The van der Waals surface area contributed by atoms with Crippen LogP contribution in [0.3, 0.4) is 0 Å². The monoisotopic (exact) mass is 404 g/mol. The van der Waals surface area contributed by atoms with E-state index in [-0.39, 0.29) is 17.3 Å². The van der Waals surface area contributed by atoms with Crippen molar-refractivity contribution in [1.29, 1.82) is 0 Å². The second-order valence-electron chi connectivity index (χ2n) is 6.70. The van der Waals surface area contributed by atoms with Crippen molar-refractivity contribution in [2.75, 3.05) is 19.6 Å². The largest absolute Gasteiger partial charge is 0.345 e. The fourth-order valence-corrected chi connectivity index (χ4v) is 5.23. The molecule has 0 unspecified atom stereocenters. The topological polar surface area (TPSA) is 78.1 Å². The van der Waals surface area contributed by atoms with E-state index in [4.69, 9.17) is 11.6 Å². The third kappa shape index (κ3) is 3.80. The minimum absolute atomic E-state index is 0. The van der Waals surface area contributed by atoms with Crippen LogP contribution in [0.25, 0.3) is 11.0 Å². The molecule has 0 bridgehead atoms. The lowest BCUT2D eigenvalue weighted by molar-refractivity contribution is 0.288. The van der Waals surface area contributed by atoms with Gasteiger partial charge >= 0.3 is 0 Å². The van der Waals surface area contributed by atoms with Gasteiger partial charge in [-0.25, -0.2) is 13.4 Å². The fourth-order valence-electron chi connectivity index (χ4n) is 3.29. The summed E-state index contributed by atoms with van der Waals surface area (Å²) in [5.41, 5.74) is 0.502. The maximum absolute atomic E-state index is 13.0. The molecule has 0 amide bonds. The molecule has 138 valence electrons. The number of nitrogens with one attached hydrogen (secondary N) is 2. The summed E-state index contributed by atoms with van der Waals surface area (Å²) >= 11 is 6.20. The van der Waals surface area contributed by atoms with Crippen molar-refractivity contribution in [1.82, 2.24) is 19.6 Å². The van der Waals surface area contributed by atoms with E-state index in [0.29, 0.717) is 35.2 Å². The number of H-pyrrole nitrogens is 1. The van der Waals surface area contributed by atoms with Crippen molar-refractivity contribution in [3.05, 3.63) is 23.5 Å². The molecular weight excluding hydrogens is 383 g/mol. The summed E-state index contributed by atoms with van der Waals surface area (Å²) in [6.45, 7) is 2.14. The van der Waals surface area contributed by atoms with Gasteiger partial charge in [-0.15, -0.1) is 12.4 Å². The van der Waals surface area contributed by atoms with Crippen LogP contribution in [0.2, 0.25) is 5.02 Å². The molecule has 3 heterocycles. The molecule has 2 aromatic heterocycles. The van der Waals surface area contributed by atoms with Gasteiger partial charge in [0.2, 0.25) is 10.0 Å². The first kappa shape index (κ1) is 18.9. The second-order valence-corrected chi connectivity index (χ2v) is 9.01. The minimum atomic E-state index is -3.56. The van der Waals surface area contributed by atoms with Gasteiger partial charge in [-0.3, -0.25) is 0 Å². The van der Waals surface area contributed by atoms with Crippen LogP contribution >= 0.6 is 24.0 Å². The van der Waals surface area contributed by atoms with Gasteiger partial charge in [0.15, 0.2) is 0 Å². The number of fused-ring (bicyclic) bond motifs is 1. The second kappa shape index (κ2) is 7.40. The Balaban J connectivity index is 0.00000182. The van der Waals surface area contributed by atoms with Gasteiger partial charge in [0.1, 0.15) is 10.5 Å². The average Bonchev–Trinajstić information content (AvgIpc) is 3.30. The Morgan fingerprint density at radius 2 is 2.00 bits per heavy atom. The first-order valence-corrected chi connectivity index (χ1v) is 10.2. The number of aromatic nitrogens is 2. The molecule has 2 aliphatic rings. The molecule has 9 heteroatoms. The van der Waals surface area contributed by atoms with Crippen LogP contribution in [0, 0.1) is 5.92 Å². The highest BCUT2D eigenvalue weighted by atomic mass is 35.5. The predicted molar refractivity (Wildman–Crippen MR) is 101 cm³/mol. The number of nitrogens with zero attached hydrogens (tertiary/aromatic N) is 2. The van der Waals surface area contributed by atoms with E-state index in [1.807, 2.05) is 0 Å². The van der Waals surface area contributed by atoms with Crippen LogP contribution in [0.4, 0.5) is 0 Å². The number of hydrogen-bond acceptors (Lipinski definition) is 4. The molecule has 0 atom stereocenters. The van der Waals surface area contributed by atoms with Crippen LogP contribution in [-0.4, -0.2) is 48.4 Å². The van der Waals surface area contributed by atoms with E-state index >= 15 is 0 Å². The highest BCUT2D eigenvalue weighted by Gasteiger charge is 2.32. The highest BCUT2D eigenvalue weighted by molar-refractivity contribution is 7.89. The van der Waals surface area contributed by atoms with Crippen molar-refractivity contribution in [2.45, 2.75) is 36.6 Å². The average molecular weight is 405 g/mol. The van der Waals surface area contributed by atoms with E-state index in [1.54, 1.807) is 16.6 Å². The Labute approximate surface area is 158 Å². The van der Waals surface area contributed by atoms with Crippen molar-refractivity contribution in [3.63, 3.8) is 0 Å². The molecule has 6 nitrogen and oxygen atoms in total. The molecule has 2 aromatic rings. The Kier molecular flexibility index (Phi) is 5.60. The molecular formula is C16H22Cl2N4O2S. The molecule has 1 aliphatic heterocycles. The molecule has 25 heavy (non-hydrogen) atoms. The smallest absolute Gasteiger partial charge is 0.245 e. The molecule has 2 N–H and O–H groups in total. The van der Waals surface area contributed by atoms with E-state index in [1.165, 1.54) is 19.0 Å². The third-order valence-corrected chi connectivity index (χ3v) is 7.19. The summed E-state index contributed by atoms with van der Waals surface area (Å²) in [7, 11) is -3.56. The summed E-state index contributed by atoms with van der Waals surface area (Å²) in [5, 5.41) is 4.45. The minimum Gasteiger partial charge on any atom is -0.345 e. The van der Waals surface area contributed by atoms with Gasteiger partial charge in [0.05, 0.1) is 10.4 Å². The summed E-state index contributed by atoms with van der Waals surface area (Å²) in [6.07, 6.45) is 7.41. The first-order valence-electron chi connectivity index (χ1n) is 8.41. The third-order valence-electron chi connectivity index (χ3n) is 4.95. The fraction of sp³-hybridized carbons (Fsp3) is 0.562. The van der Waals surface area contributed by atoms with Crippen molar-refractivity contribution >= 4 is 45.1 Å². The molecule has 0 radical (unpaired) electrons. The standard InChI is InChI=1S/C16H21ClN4O2S.ClH/c17-13-3-6-18-16-15(13)14(10-20-16)24(22,23)21-7-4-12(5-8-21)19-9-11-1-2-11;/h3,6,10-12,19H,1-2,4-5,7-9H2,(H,18,20);1H. The SMILES string of the molecule is Cl.O=S(=O)(c1c[nH]c2nccc(Cl)c12)N1CCC(NCC2CC2)CC1. The number of pyridine rings is 1. The lowest BCUT2D eigenvalue weighted by Crippen LogP contribution is -2.45. The van der Waals surface area contributed by atoms with E-state index in [9.17, 15) is 8.42 Å². The van der Waals surface area contributed by atoms with Crippen LogP contribution in [0.15, 0.2) is 23.4 Å². The zero-order chi connectivity index (χ0) is 16.7. The quantitative estimate of drug-likeness (QED) is 0.802. The summed E-state index contributed by atoms with van der Waals surface area (Å²) in [4.78, 5) is 7.28. The Morgan fingerprint density at radius 1 is 1.28 bits per heavy atom. The van der Waals surface area contributed by atoms with Crippen LogP contribution in [0.1, 0.15) is 25.7 Å². The summed E-state index contributed by atoms with van der Waals surface area (Å²) < 4.78 is 27.6. The molecule has 1 saturated carbocycles. The van der Waals surface area contributed by atoms with Crippen molar-refractivity contribution in [2.24, 2.45) is 5.92 Å². The molecule has 1 aliphatic carbocycles. The molecule has 2 fully saturated rings. The number of halogens is 2. The summed E-state index contributed by atoms with van der Waals surface area (Å²) in [5.74, 6) is 0.840. The number of piperidine rings is 1. The Morgan fingerprint density at radius 3 is 2.68 bits per heavy atom. The van der Waals surface area contributed by atoms with Gasteiger partial charge < -0.3 is 10.3 Å². The van der Waals surface area contributed by atoms with E-state index in [0.717, 1.165) is 25.3 Å². The van der Waals surface area contributed by atoms with Gasteiger partial charge in [0, 0.05) is 31.5 Å². The van der Waals surface area contributed by atoms with E-state index < -0.39 is 10.0 Å². The van der Waals surface area contributed by atoms with Crippen LogP contribution in [0.5, 0.6) is 0 Å². The van der Waals surface area contributed by atoms with Gasteiger partial charge in [-0.05, 0) is 44.2 Å². The van der Waals surface area contributed by atoms with Crippen LogP contribution in [-0.2, 0) is 10.0 Å². The first-order chi connectivity index (χ1) is 11.6. The summed E-state index contributed by atoms with van der Waals surface area (Å²) in [6, 6.07) is 2.04. The van der Waals surface area contributed by atoms with Gasteiger partial charge in [0.25, 0.3) is 0 Å². The molecule has 0 spiro atoms. The maximum Gasteiger partial charge on any atom is 0.245 e. The number of rotatable bonds is 5. The van der Waals surface area contributed by atoms with Gasteiger partial charge in [-0.1, -0.05) is 11.6 Å². The normalized spacial score (nSPS) is 19.9. The number of sulfonamides is 1. The van der Waals surface area contributed by atoms with Crippen molar-refractivity contribution < 1.29 is 8.42 Å². The Bertz CT molecular complexity index is 843. The predicted octanol–water partition coefficient (Wildman–Crippen LogP) is 2.79. The molecule has 0 aromatic carbocycles. The van der Waals surface area contributed by atoms with E-state index in [2.05, 4.69) is 15.3 Å². The highest BCUT2D eigenvalue weighted by Crippen LogP contribution is 2.32. The lowest BCUT2D eigenvalue weighted by Gasteiger charge is -2.31. The molecule has 4 rings (SSSR count). The maximum atomic E-state index is 13.0. The zero-order valence-corrected chi connectivity index (χ0v) is 16.1. The van der Waals surface area contributed by atoms with Gasteiger partial charge in [-0.2, -0.15) is 4.31 Å². The van der Waals surface area contributed by atoms with Crippen molar-refractivity contribution in [3.8, 4) is 0 Å². The zero-order valence-electron chi connectivity index (χ0n) is 13.7. The Hall–Kier alpha value is -0.860. The lowest BCUT2D eigenvalue weighted by atomic mass is 10.1. The number of hydrogen-bond donors (Lipinski definition) is 2. The molecule has 1 saturated heterocycles. The van der Waals surface area contributed by atoms with Crippen LogP contribution < -0.4 is 5.32 Å². The number of aromatic amines is 1.